The molecule has 8 heteroatoms. The van der Waals surface area contributed by atoms with E-state index >= 15 is 0 Å². The van der Waals surface area contributed by atoms with E-state index in [1.54, 1.807) is 18.2 Å². The molecule has 0 spiro atoms. The van der Waals surface area contributed by atoms with Crippen LogP contribution < -0.4 is 5.32 Å². The molecule has 0 aliphatic carbocycles. The third kappa shape index (κ3) is 4.14. The van der Waals surface area contributed by atoms with Crippen LogP contribution in [0.15, 0.2) is 53.4 Å². The second-order valence-corrected chi connectivity index (χ2v) is 7.02. The maximum absolute atomic E-state index is 13.7. The first kappa shape index (κ1) is 18.2. The average Bonchev–Trinajstić information content (AvgIpc) is 2.86. The molecule has 0 aromatic heterocycles. The van der Waals surface area contributed by atoms with E-state index in [-0.39, 0.29) is 21.3 Å². The van der Waals surface area contributed by atoms with Crippen LogP contribution in [0.1, 0.15) is 5.56 Å². The highest BCUT2D eigenvalue weighted by Crippen LogP contribution is 2.32. The monoisotopic (exact) mass is 390 g/mol. The number of carbonyl (C=O) groups excluding carboxylic acids is 2. The molecule has 2 aromatic rings. The molecule has 26 heavy (non-hydrogen) atoms. The molecule has 0 atom stereocenters. The third-order valence-corrected chi connectivity index (χ3v) is 4.87. The van der Waals surface area contributed by atoms with Crippen LogP contribution >= 0.6 is 24.0 Å². The Bertz CT molecular complexity index is 914. The smallest absolute Gasteiger partial charge is 0.266 e. The Morgan fingerprint density at radius 1 is 1.15 bits per heavy atom. The van der Waals surface area contributed by atoms with Gasteiger partial charge in [-0.05, 0) is 36.4 Å². The summed E-state index contributed by atoms with van der Waals surface area (Å²) >= 11 is 6.16. The number of carbonyl (C=O) groups is 2. The number of benzene rings is 2. The lowest BCUT2D eigenvalue weighted by Gasteiger charge is -2.14. The van der Waals surface area contributed by atoms with Gasteiger partial charge in [0.05, 0.1) is 4.91 Å². The molecule has 1 aliphatic rings. The maximum atomic E-state index is 13.7. The number of hydrogen-bond acceptors (Lipinski definition) is 4. The van der Waals surface area contributed by atoms with Crippen molar-refractivity contribution >= 4 is 51.9 Å². The Labute approximate surface area is 157 Å². The molecule has 1 heterocycles. The fourth-order valence-electron chi connectivity index (χ4n) is 2.25. The van der Waals surface area contributed by atoms with E-state index in [0.717, 1.165) is 16.7 Å². The van der Waals surface area contributed by atoms with Gasteiger partial charge in [-0.15, -0.1) is 0 Å². The minimum Gasteiger partial charge on any atom is -0.325 e. The van der Waals surface area contributed by atoms with Crippen LogP contribution in [0.3, 0.4) is 0 Å². The summed E-state index contributed by atoms with van der Waals surface area (Å²) in [5.74, 6) is -1.80. The Kier molecular flexibility index (Phi) is 5.43. The molecule has 1 saturated heterocycles. The molecule has 0 unspecified atom stereocenters. The molecular weight excluding hydrogens is 378 g/mol. The highest BCUT2D eigenvalue weighted by atomic mass is 32.2. The summed E-state index contributed by atoms with van der Waals surface area (Å²) in [7, 11) is 0. The minimum absolute atomic E-state index is 0.215. The van der Waals surface area contributed by atoms with Gasteiger partial charge < -0.3 is 5.32 Å². The van der Waals surface area contributed by atoms with Gasteiger partial charge in [0.25, 0.3) is 5.91 Å². The number of nitrogens with zero attached hydrogens (tertiary/aromatic N) is 1. The summed E-state index contributed by atoms with van der Waals surface area (Å²) in [6.45, 7) is -0.281. The molecule has 0 bridgehead atoms. The van der Waals surface area contributed by atoms with Crippen molar-refractivity contribution in [2.75, 3.05) is 11.9 Å². The summed E-state index contributed by atoms with van der Waals surface area (Å²) in [4.78, 5) is 26.0. The molecule has 132 valence electrons. The molecule has 1 aliphatic heterocycles. The van der Waals surface area contributed by atoms with Gasteiger partial charge in [-0.1, -0.05) is 42.2 Å². The van der Waals surface area contributed by atoms with Gasteiger partial charge in [0.2, 0.25) is 5.91 Å². The highest BCUT2D eigenvalue weighted by Gasteiger charge is 2.33. The van der Waals surface area contributed by atoms with Crippen molar-refractivity contribution in [3.8, 4) is 0 Å². The van der Waals surface area contributed by atoms with Crippen molar-refractivity contribution in [3.63, 3.8) is 0 Å². The van der Waals surface area contributed by atoms with E-state index in [1.165, 1.54) is 36.4 Å². The van der Waals surface area contributed by atoms with E-state index in [2.05, 4.69) is 5.32 Å². The minimum atomic E-state index is -0.472. The van der Waals surface area contributed by atoms with Gasteiger partial charge in [0.1, 0.15) is 22.5 Å². The molecule has 2 aromatic carbocycles. The van der Waals surface area contributed by atoms with E-state index in [0.29, 0.717) is 5.69 Å². The molecule has 3 rings (SSSR count). The Morgan fingerprint density at radius 2 is 1.85 bits per heavy atom. The van der Waals surface area contributed by atoms with E-state index in [4.69, 9.17) is 12.2 Å². The molecule has 4 nitrogen and oxygen atoms in total. The van der Waals surface area contributed by atoms with Gasteiger partial charge >= 0.3 is 0 Å². The molecule has 2 amide bonds. The first-order chi connectivity index (χ1) is 12.4. The second-order valence-electron chi connectivity index (χ2n) is 5.34. The van der Waals surface area contributed by atoms with Crippen molar-refractivity contribution in [2.24, 2.45) is 0 Å². The Balaban J connectivity index is 1.70. The summed E-state index contributed by atoms with van der Waals surface area (Å²) in [5, 5.41) is 2.56. The maximum Gasteiger partial charge on any atom is 0.266 e. The number of anilines is 1. The van der Waals surface area contributed by atoms with Gasteiger partial charge in [0.15, 0.2) is 0 Å². The lowest BCUT2D eigenvalue weighted by Crippen LogP contribution is -2.36. The van der Waals surface area contributed by atoms with Crippen LogP contribution in [-0.2, 0) is 9.59 Å². The standard InChI is InChI=1S/C18H12F2N2O2S2/c19-12-5-7-13(8-6-12)21-16(23)10-22-17(24)15(26-18(22)25)9-11-3-1-2-4-14(11)20/h1-9H,10H2,(H,21,23)/b15-9-. The fourth-order valence-corrected chi connectivity index (χ4v) is 3.49. The SMILES string of the molecule is O=C(CN1C(=O)/C(=C/c2ccccc2F)SC1=S)Nc1ccc(F)cc1. The Morgan fingerprint density at radius 3 is 2.54 bits per heavy atom. The van der Waals surface area contributed by atoms with Crippen molar-refractivity contribution in [1.82, 2.24) is 4.90 Å². The number of rotatable bonds is 4. The van der Waals surface area contributed by atoms with Crippen LogP contribution in [-0.4, -0.2) is 27.6 Å². The van der Waals surface area contributed by atoms with Gasteiger partial charge in [-0.25, -0.2) is 8.78 Å². The topological polar surface area (TPSA) is 49.4 Å². The number of amides is 2. The third-order valence-electron chi connectivity index (χ3n) is 3.50. The van der Waals surface area contributed by atoms with Crippen LogP contribution in [0.2, 0.25) is 0 Å². The lowest BCUT2D eigenvalue weighted by atomic mass is 10.2. The van der Waals surface area contributed by atoms with Crippen LogP contribution in [0.25, 0.3) is 6.08 Å². The van der Waals surface area contributed by atoms with E-state index in [9.17, 15) is 18.4 Å². The summed E-state index contributed by atoms with van der Waals surface area (Å²) in [5.41, 5.74) is 0.674. The second kappa shape index (κ2) is 7.76. The summed E-state index contributed by atoms with van der Waals surface area (Å²) in [6.07, 6.45) is 1.41. The number of nitrogens with one attached hydrogen (secondary N) is 1. The average molecular weight is 390 g/mol. The van der Waals surface area contributed by atoms with Crippen molar-refractivity contribution in [1.29, 1.82) is 0 Å². The number of hydrogen-bond donors (Lipinski definition) is 1. The molecule has 0 radical (unpaired) electrons. The largest absolute Gasteiger partial charge is 0.325 e. The number of halogens is 2. The van der Waals surface area contributed by atoms with Gasteiger partial charge in [-0.2, -0.15) is 0 Å². The quantitative estimate of drug-likeness (QED) is 0.637. The van der Waals surface area contributed by atoms with Crippen LogP contribution in [0.4, 0.5) is 14.5 Å². The van der Waals surface area contributed by atoms with Crippen molar-refractivity contribution in [3.05, 3.63) is 70.6 Å². The highest BCUT2D eigenvalue weighted by molar-refractivity contribution is 8.26. The zero-order valence-electron chi connectivity index (χ0n) is 13.2. The lowest BCUT2D eigenvalue weighted by molar-refractivity contribution is -0.126. The molecule has 1 N–H and O–H groups in total. The predicted octanol–water partition coefficient (Wildman–Crippen LogP) is 3.80. The van der Waals surface area contributed by atoms with E-state index in [1.807, 2.05) is 0 Å². The number of thioether (sulfide) groups is 1. The molecule has 1 fully saturated rings. The zero-order valence-corrected chi connectivity index (χ0v) is 14.9. The van der Waals surface area contributed by atoms with Crippen molar-refractivity contribution in [2.45, 2.75) is 0 Å². The molecular formula is C18H12F2N2O2S2. The normalized spacial score (nSPS) is 15.6. The van der Waals surface area contributed by atoms with Crippen LogP contribution in [0.5, 0.6) is 0 Å². The predicted molar refractivity (Wildman–Crippen MR) is 101 cm³/mol. The molecule has 0 saturated carbocycles. The van der Waals surface area contributed by atoms with Gasteiger partial charge in [0, 0.05) is 11.3 Å². The van der Waals surface area contributed by atoms with Gasteiger partial charge in [-0.3, -0.25) is 14.5 Å². The van der Waals surface area contributed by atoms with Crippen molar-refractivity contribution < 1.29 is 18.4 Å². The first-order valence-corrected chi connectivity index (χ1v) is 8.72. The summed E-state index contributed by atoms with van der Waals surface area (Å²) < 4.78 is 26.8. The Hall–Kier alpha value is -2.58. The number of thiocarbonyl (C=S) groups is 1. The first-order valence-electron chi connectivity index (χ1n) is 7.49. The fraction of sp³-hybridized carbons (Fsp3) is 0.0556. The zero-order chi connectivity index (χ0) is 18.7. The summed E-state index contributed by atoms with van der Waals surface area (Å²) in [6, 6.07) is 11.3. The van der Waals surface area contributed by atoms with E-state index < -0.39 is 23.4 Å². The van der Waals surface area contributed by atoms with Crippen LogP contribution in [0, 0.1) is 11.6 Å².